The number of ether oxygens (including phenoxy) is 1. The maximum Gasteiger partial charge on any atom is 0.276 e. The van der Waals surface area contributed by atoms with Crippen LogP contribution < -0.4 is 5.32 Å². The lowest BCUT2D eigenvalue weighted by Gasteiger charge is -2.33. The minimum absolute atomic E-state index is 0.0269. The third-order valence-corrected chi connectivity index (χ3v) is 7.81. The number of hydrogen-bond acceptors (Lipinski definition) is 5. The maximum absolute atomic E-state index is 13.2. The van der Waals surface area contributed by atoms with Gasteiger partial charge < -0.3 is 15.0 Å². The van der Waals surface area contributed by atoms with E-state index in [1.165, 1.54) is 12.8 Å². The molecule has 34 heavy (non-hydrogen) atoms. The summed E-state index contributed by atoms with van der Waals surface area (Å²) in [5.74, 6) is 0.754. The van der Waals surface area contributed by atoms with Crippen molar-refractivity contribution in [1.82, 2.24) is 25.2 Å². The number of aromatic nitrogens is 3. The van der Waals surface area contributed by atoms with E-state index in [0.717, 1.165) is 24.3 Å². The number of amides is 2. The van der Waals surface area contributed by atoms with Crippen molar-refractivity contribution in [1.29, 1.82) is 0 Å². The average Bonchev–Trinajstić information content (AvgIpc) is 3.29. The second-order valence-corrected chi connectivity index (χ2v) is 10.4. The van der Waals surface area contributed by atoms with Gasteiger partial charge in [0.1, 0.15) is 6.10 Å². The van der Waals surface area contributed by atoms with Crippen LogP contribution in [0.3, 0.4) is 0 Å². The Morgan fingerprint density at radius 1 is 1.06 bits per heavy atom. The van der Waals surface area contributed by atoms with E-state index < -0.39 is 0 Å². The van der Waals surface area contributed by atoms with Crippen molar-refractivity contribution in [2.75, 3.05) is 13.1 Å². The van der Waals surface area contributed by atoms with E-state index in [2.05, 4.69) is 22.6 Å². The first-order chi connectivity index (χ1) is 16.5. The molecule has 2 fully saturated rings. The SMILES string of the molecule is CC1CCC(NC(=O)C2CCN(C(=O)c3nnn4c3CO[C@@H](c3ccc(Cl)cc3)C4)CC2)CC1. The summed E-state index contributed by atoms with van der Waals surface area (Å²) in [4.78, 5) is 27.7. The van der Waals surface area contributed by atoms with Crippen molar-refractivity contribution in [3.05, 3.63) is 46.2 Å². The van der Waals surface area contributed by atoms with Crippen molar-refractivity contribution >= 4 is 23.4 Å². The Kier molecular flexibility index (Phi) is 6.88. The minimum atomic E-state index is -0.156. The zero-order valence-electron chi connectivity index (χ0n) is 19.6. The van der Waals surface area contributed by atoms with E-state index in [1.807, 2.05) is 24.3 Å². The largest absolute Gasteiger partial charge is 0.365 e. The number of piperidine rings is 1. The molecule has 3 heterocycles. The Balaban J connectivity index is 1.15. The molecule has 1 saturated carbocycles. The Morgan fingerprint density at radius 3 is 2.47 bits per heavy atom. The monoisotopic (exact) mass is 485 g/mol. The zero-order chi connectivity index (χ0) is 23.7. The first kappa shape index (κ1) is 23.3. The molecule has 1 N–H and O–H groups in total. The molecule has 8 nitrogen and oxygen atoms in total. The van der Waals surface area contributed by atoms with Gasteiger partial charge in [-0.3, -0.25) is 9.59 Å². The van der Waals surface area contributed by atoms with Crippen LogP contribution in [0, 0.1) is 11.8 Å². The highest BCUT2D eigenvalue weighted by atomic mass is 35.5. The van der Waals surface area contributed by atoms with Gasteiger partial charge in [0.05, 0.1) is 18.8 Å². The van der Waals surface area contributed by atoms with Crippen molar-refractivity contribution in [2.24, 2.45) is 11.8 Å². The molecular weight excluding hydrogens is 454 g/mol. The smallest absolute Gasteiger partial charge is 0.276 e. The molecule has 5 rings (SSSR count). The highest BCUT2D eigenvalue weighted by Crippen LogP contribution is 2.29. The fourth-order valence-electron chi connectivity index (χ4n) is 5.27. The number of carbonyl (C=O) groups excluding carboxylic acids is 2. The number of benzene rings is 1. The molecule has 1 aromatic heterocycles. The first-order valence-corrected chi connectivity index (χ1v) is 12.7. The summed E-state index contributed by atoms with van der Waals surface area (Å²) in [6.45, 7) is 4.17. The summed E-state index contributed by atoms with van der Waals surface area (Å²) in [7, 11) is 0. The van der Waals surface area contributed by atoms with Crippen LogP contribution in [0.25, 0.3) is 0 Å². The van der Waals surface area contributed by atoms with Gasteiger partial charge in [-0.15, -0.1) is 5.10 Å². The van der Waals surface area contributed by atoms with Crippen LogP contribution in [-0.4, -0.2) is 50.8 Å². The van der Waals surface area contributed by atoms with Crippen LogP contribution in [0.4, 0.5) is 0 Å². The molecule has 2 amide bonds. The maximum atomic E-state index is 13.2. The summed E-state index contributed by atoms with van der Waals surface area (Å²) in [6, 6.07) is 7.87. The van der Waals surface area contributed by atoms with Gasteiger partial charge in [0, 0.05) is 30.1 Å². The van der Waals surface area contributed by atoms with Gasteiger partial charge >= 0.3 is 0 Å². The van der Waals surface area contributed by atoms with Gasteiger partial charge in [0.2, 0.25) is 5.91 Å². The second kappa shape index (κ2) is 10.0. The Hall–Kier alpha value is -2.45. The lowest BCUT2D eigenvalue weighted by atomic mass is 9.86. The van der Waals surface area contributed by atoms with Crippen LogP contribution in [0.2, 0.25) is 5.02 Å². The number of hydrogen-bond donors (Lipinski definition) is 1. The number of nitrogens with zero attached hydrogens (tertiary/aromatic N) is 4. The number of fused-ring (bicyclic) bond motifs is 1. The quantitative estimate of drug-likeness (QED) is 0.712. The van der Waals surface area contributed by atoms with E-state index in [1.54, 1.807) is 9.58 Å². The summed E-state index contributed by atoms with van der Waals surface area (Å²) >= 11 is 5.99. The van der Waals surface area contributed by atoms with Gasteiger partial charge in [-0.1, -0.05) is 35.9 Å². The summed E-state index contributed by atoms with van der Waals surface area (Å²) < 4.78 is 7.79. The molecule has 0 spiro atoms. The fourth-order valence-corrected chi connectivity index (χ4v) is 5.40. The molecule has 2 aromatic rings. The van der Waals surface area contributed by atoms with Crippen LogP contribution in [0.1, 0.15) is 73.3 Å². The molecule has 2 aliphatic heterocycles. The highest BCUT2D eigenvalue weighted by Gasteiger charge is 2.33. The fraction of sp³-hybridized carbons (Fsp3) is 0.600. The van der Waals surface area contributed by atoms with E-state index in [4.69, 9.17) is 16.3 Å². The predicted molar refractivity (Wildman–Crippen MR) is 127 cm³/mol. The third-order valence-electron chi connectivity index (χ3n) is 7.56. The standard InChI is InChI=1S/C25H32ClN5O3/c1-16-2-8-20(9-3-16)27-24(32)18-10-12-30(13-11-18)25(33)23-21-15-34-22(14-31(21)29-28-23)17-4-6-19(26)7-5-17/h4-7,16,18,20,22H,2-3,8-15H2,1H3,(H,27,32)/t16?,20?,22-/m1/s1. The number of likely N-dealkylation sites (tertiary alicyclic amines) is 1. The molecule has 9 heteroatoms. The number of carbonyl (C=O) groups is 2. The van der Waals surface area contributed by atoms with Crippen LogP contribution in [0.5, 0.6) is 0 Å². The molecule has 1 aliphatic carbocycles. The third kappa shape index (κ3) is 4.98. The second-order valence-electron chi connectivity index (χ2n) is 9.95. The average molecular weight is 486 g/mol. The van der Waals surface area contributed by atoms with Crippen molar-refractivity contribution in [3.8, 4) is 0 Å². The molecule has 0 bridgehead atoms. The number of halogens is 1. The van der Waals surface area contributed by atoms with E-state index in [0.29, 0.717) is 54.9 Å². The topological polar surface area (TPSA) is 89.4 Å². The Bertz CT molecular complexity index is 1020. The molecular formula is C25H32ClN5O3. The molecule has 0 unspecified atom stereocenters. The summed E-state index contributed by atoms with van der Waals surface area (Å²) in [5.41, 5.74) is 2.08. The van der Waals surface area contributed by atoms with E-state index >= 15 is 0 Å². The van der Waals surface area contributed by atoms with E-state index in [-0.39, 0.29) is 30.4 Å². The summed E-state index contributed by atoms with van der Waals surface area (Å²) in [5, 5.41) is 12.4. The lowest BCUT2D eigenvalue weighted by Crippen LogP contribution is -2.46. The number of nitrogens with one attached hydrogen (secondary N) is 1. The molecule has 1 atom stereocenters. The van der Waals surface area contributed by atoms with Crippen LogP contribution in [-0.2, 0) is 22.7 Å². The van der Waals surface area contributed by atoms with E-state index in [9.17, 15) is 9.59 Å². The Morgan fingerprint density at radius 2 is 1.76 bits per heavy atom. The molecule has 1 saturated heterocycles. The van der Waals surface area contributed by atoms with Crippen molar-refractivity contribution in [3.63, 3.8) is 0 Å². The Labute approximate surface area is 205 Å². The normalized spacial score (nSPS) is 25.6. The lowest BCUT2D eigenvalue weighted by molar-refractivity contribution is -0.127. The van der Waals surface area contributed by atoms with Crippen LogP contribution in [0.15, 0.2) is 24.3 Å². The summed E-state index contributed by atoms with van der Waals surface area (Å²) in [6.07, 6.45) is 5.72. The van der Waals surface area contributed by atoms with Crippen molar-refractivity contribution in [2.45, 2.75) is 70.7 Å². The predicted octanol–water partition coefficient (Wildman–Crippen LogP) is 3.75. The molecule has 3 aliphatic rings. The van der Waals surface area contributed by atoms with Gasteiger partial charge in [0.25, 0.3) is 5.91 Å². The minimum Gasteiger partial charge on any atom is -0.365 e. The number of rotatable bonds is 4. The van der Waals surface area contributed by atoms with Gasteiger partial charge in [0.15, 0.2) is 5.69 Å². The van der Waals surface area contributed by atoms with Crippen molar-refractivity contribution < 1.29 is 14.3 Å². The first-order valence-electron chi connectivity index (χ1n) is 12.4. The van der Waals surface area contributed by atoms with Crippen LogP contribution >= 0.6 is 11.6 Å². The molecule has 0 radical (unpaired) electrons. The highest BCUT2D eigenvalue weighted by molar-refractivity contribution is 6.30. The molecule has 1 aromatic carbocycles. The van der Waals surface area contributed by atoms with Gasteiger partial charge in [-0.2, -0.15) is 0 Å². The van der Waals surface area contributed by atoms with Gasteiger partial charge in [-0.05, 0) is 62.1 Å². The van der Waals surface area contributed by atoms with Gasteiger partial charge in [-0.25, -0.2) is 4.68 Å². The molecule has 182 valence electrons. The zero-order valence-corrected chi connectivity index (χ0v) is 20.3.